The van der Waals surface area contributed by atoms with Gasteiger partial charge in [-0.2, -0.15) is 0 Å². The third-order valence-electron chi connectivity index (χ3n) is 5.82. The molecule has 0 fully saturated rings. The number of sulfonamides is 1. The maximum absolute atomic E-state index is 13.9. The first-order valence-electron chi connectivity index (χ1n) is 12.0. The van der Waals surface area contributed by atoms with Crippen LogP contribution in [-0.2, 0) is 10.0 Å². The third-order valence-corrected chi connectivity index (χ3v) is 9.24. The van der Waals surface area contributed by atoms with Gasteiger partial charge in [-0.3, -0.25) is 9.55 Å². The van der Waals surface area contributed by atoms with Crippen molar-refractivity contribution in [2.75, 3.05) is 43.7 Å². The summed E-state index contributed by atoms with van der Waals surface area (Å²) >= 11 is 2.06. The van der Waals surface area contributed by atoms with Crippen molar-refractivity contribution in [3.05, 3.63) is 66.2 Å². The predicted molar refractivity (Wildman–Crippen MR) is 161 cm³/mol. The van der Waals surface area contributed by atoms with Gasteiger partial charge < -0.3 is 19.3 Å². The van der Waals surface area contributed by atoms with Crippen LogP contribution in [0.15, 0.2) is 54.7 Å². The molecule has 1 N–H and O–H groups in total. The van der Waals surface area contributed by atoms with Crippen molar-refractivity contribution in [2.24, 2.45) is 0 Å². The van der Waals surface area contributed by atoms with Gasteiger partial charge in [-0.05, 0) is 51.5 Å². The lowest BCUT2D eigenvalue weighted by molar-refractivity contribution is 0.196. The highest BCUT2D eigenvalue weighted by Crippen LogP contribution is 2.39. The Morgan fingerprint density at radius 1 is 1.05 bits per heavy atom. The maximum Gasteiger partial charge on any atom is 0.246 e. The molecule has 0 saturated heterocycles. The number of halogens is 2. The molecule has 0 aliphatic rings. The lowest BCUT2D eigenvalue weighted by Gasteiger charge is -2.26. The normalized spacial score (nSPS) is 12.1. The Morgan fingerprint density at radius 2 is 1.76 bits per heavy atom. The first-order chi connectivity index (χ1) is 19.7. The van der Waals surface area contributed by atoms with Crippen LogP contribution in [0.5, 0.6) is 17.4 Å². The topological polar surface area (TPSA) is 142 Å². The molecule has 0 aliphatic carbocycles. The van der Waals surface area contributed by atoms with Gasteiger partial charge in [0.15, 0.2) is 5.82 Å². The van der Waals surface area contributed by atoms with Crippen LogP contribution in [0.3, 0.4) is 0 Å². The molecular weight excluding hydrogens is 690 g/mol. The Hall–Kier alpha value is -3.22. The van der Waals surface area contributed by atoms with Gasteiger partial charge in [-0.1, -0.05) is 21.1 Å². The van der Waals surface area contributed by atoms with Gasteiger partial charge in [0, 0.05) is 18.4 Å². The fourth-order valence-electron chi connectivity index (χ4n) is 3.95. The first kappa shape index (κ1) is 30.7. The number of hydrogen-bond acceptors (Lipinski definition) is 11. The van der Waals surface area contributed by atoms with Crippen LogP contribution < -0.4 is 18.5 Å². The fourth-order valence-corrected chi connectivity index (χ4v) is 6.40. The maximum atomic E-state index is 13.9. The second kappa shape index (κ2) is 13.6. The van der Waals surface area contributed by atoms with Gasteiger partial charge >= 0.3 is 0 Å². The van der Waals surface area contributed by atoms with Gasteiger partial charge in [0.25, 0.3) is 0 Å². The molecule has 12 nitrogen and oxygen atoms in total. The molecule has 218 valence electrons. The lowest BCUT2D eigenvalue weighted by Crippen LogP contribution is -2.38. The van der Waals surface area contributed by atoms with E-state index in [1.165, 1.54) is 40.9 Å². The second-order valence-corrected chi connectivity index (χ2v) is 12.7. The Kier molecular flexibility index (Phi) is 10.2. The zero-order chi connectivity index (χ0) is 29.6. The number of nitrogens with zero attached hydrogens (tertiary/aromatic N) is 6. The van der Waals surface area contributed by atoms with Crippen molar-refractivity contribution in [1.29, 1.82) is 0 Å². The quantitative estimate of drug-likeness (QED) is 0.202. The van der Waals surface area contributed by atoms with Gasteiger partial charge in [0.1, 0.15) is 40.6 Å². The number of aliphatic hydroxyl groups is 1. The van der Waals surface area contributed by atoms with Gasteiger partial charge in [-0.25, -0.2) is 22.1 Å². The predicted octanol–water partition coefficient (Wildman–Crippen LogP) is 3.84. The molecule has 16 heteroatoms. The molecule has 4 rings (SSSR count). The molecule has 0 saturated carbocycles. The minimum Gasteiger partial charge on any atom is -0.494 e. The highest BCUT2D eigenvalue weighted by atomic mass is 127. The van der Waals surface area contributed by atoms with E-state index in [1.807, 2.05) is 0 Å². The molecule has 0 amide bonds. The van der Waals surface area contributed by atoms with E-state index >= 15 is 0 Å². The summed E-state index contributed by atoms with van der Waals surface area (Å²) in [5, 5.41) is 19.4. The molecule has 3 heterocycles. The molecule has 1 atom stereocenters. The zero-order valence-corrected chi connectivity index (χ0v) is 25.9. The number of pyridine rings is 2. The van der Waals surface area contributed by atoms with Gasteiger partial charge in [0.2, 0.25) is 21.9 Å². The van der Waals surface area contributed by atoms with E-state index < -0.39 is 27.7 Å². The molecule has 0 unspecified atom stereocenters. The third kappa shape index (κ3) is 6.82. The van der Waals surface area contributed by atoms with E-state index in [-0.39, 0.29) is 24.0 Å². The molecule has 3 aromatic heterocycles. The second-order valence-electron chi connectivity index (χ2n) is 8.32. The number of hydrogen-bond donors (Lipinski definition) is 1. The van der Waals surface area contributed by atoms with E-state index in [4.69, 9.17) is 14.2 Å². The summed E-state index contributed by atoms with van der Waals surface area (Å²) in [7, 11) is 1.54. The summed E-state index contributed by atoms with van der Waals surface area (Å²) in [6, 6.07) is 12.5. The molecule has 0 aliphatic heterocycles. The van der Waals surface area contributed by atoms with Crippen LogP contribution >= 0.6 is 30.1 Å². The van der Waals surface area contributed by atoms with Crippen LogP contribution in [-0.4, -0.2) is 77.6 Å². The Labute approximate surface area is 252 Å². The average molecular weight is 717 g/mol. The summed E-state index contributed by atoms with van der Waals surface area (Å²) in [6.45, 7) is -0.0133. The number of aliphatic hydroxyl groups excluding tert-OH is 1. The van der Waals surface area contributed by atoms with E-state index in [0.717, 1.165) is 16.6 Å². The van der Waals surface area contributed by atoms with Crippen LogP contribution in [0.1, 0.15) is 11.8 Å². The molecule has 0 bridgehead atoms. The Bertz CT molecular complexity index is 1570. The van der Waals surface area contributed by atoms with Crippen molar-refractivity contribution in [3.63, 3.8) is 0 Å². The summed E-state index contributed by atoms with van der Waals surface area (Å²) < 4.78 is 60.3. The van der Waals surface area contributed by atoms with Crippen LogP contribution in [0.4, 0.5) is 10.3 Å². The zero-order valence-electron chi connectivity index (χ0n) is 22.1. The van der Waals surface area contributed by atoms with E-state index in [1.54, 1.807) is 36.4 Å². The van der Waals surface area contributed by atoms with E-state index in [9.17, 15) is 17.9 Å². The minimum atomic E-state index is -4.27. The molecule has 4 aromatic rings. The summed E-state index contributed by atoms with van der Waals surface area (Å²) in [5.41, 5.74) is 0.680. The monoisotopic (exact) mass is 716 g/mol. The van der Waals surface area contributed by atoms with E-state index in [0.29, 0.717) is 34.5 Å². The molecular formula is C25H26FIN6O6S2. The lowest BCUT2D eigenvalue weighted by atomic mass is 10.2. The van der Waals surface area contributed by atoms with Crippen molar-refractivity contribution in [1.82, 2.24) is 24.7 Å². The van der Waals surface area contributed by atoms with Crippen molar-refractivity contribution in [2.45, 2.75) is 6.10 Å². The van der Waals surface area contributed by atoms with Gasteiger partial charge in [0.05, 0.1) is 33.2 Å². The Morgan fingerprint density at radius 3 is 2.37 bits per heavy atom. The van der Waals surface area contributed by atoms with Crippen molar-refractivity contribution >= 4 is 46.1 Å². The largest absolute Gasteiger partial charge is 0.494 e. The Balaban J connectivity index is 1.93. The summed E-state index contributed by atoms with van der Waals surface area (Å²) in [6.07, 6.45) is -0.625. The number of methoxy groups -OCH3 is 3. The summed E-state index contributed by atoms with van der Waals surface area (Å²) in [5.74, 6) is 0.139. The van der Waals surface area contributed by atoms with Crippen molar-refractivity contribution in [3.8, 4) is 34.6 Å². The standard InChI is InChI=1S/C25H26FIN6O6S2/c1-37-20-7-5-8-21(38-2)23(20)33-24(18-6-4-9-22(29-18)39-3)30-31-25(33)32(12-13-40-27)41(35,36)15-19(34)17-11-10-16(26)14-28-17/h4-11,14,19,34H,12-13,15H2,1-3H3/t19-/m1/s1. The average Bonchev–Trinajstić information content (AvgIpc) is 3.40. The number of ether oxygens (including phenoxy) is 3. The van der Waals surface area contributed by atoms with E-state index in [2.05, 4.69) is 41.4 Å². The number of anilines is 1. The van der Waals surface area contributed by atoms with Gasteiger partial charge in [-0.15, -0.1) is 10.2 Å². The number of aromatic nitrogens is 5. The number of benzene rings is 1. The minimum absolute atomic E-state index is 0.00678. The highest BCUT2D eigenvalue weighted by molar-refractivity contribution is 14.2. The first-order valence-corrected chi connectivity index (χ1v) is 17.1. The smallest absolute Gasteiger partial charge is 0.246 e. The van der Waals surface area contributed by atoms with Crippen molar-refractivity contribution < 1.29 is 32.1 Å². The van der Waals surface area contributed by atoms with Crippen LogP contribution in [0, 0.1) is 5.82 Å². The van der Waals surface area contributed by atoms with Crippen LogP contribution in [0.25, 0.3) is 17.2 Å². The number of para-hydroxylation sites is 1. The summed E-state index contributed by atoms with van der Waals surface area (Å²) in [4.78, 5) is 8.30. The number of rotatable bonds is 13. The molecule has 41 heavy (non-hydrogen) atoms. The fraction of sp³-hybridized carbons (Fsp3) is 0.280. The van der Waals surface area contributed by atoms with Crippen LogP contribution in [0.2, 0.25) is 0 Å². The molecule has 0 radical (unpaired) electrons. The molecule has 1 aromatic carbocycles. The highest BCUT2D eigenvalue weighted by Gasteiger charge is 2.34. The SMILES string of the molecule is COc1cccc(-c2nnc(N(CCSI)S(=O)(=O)C[C@@H](O)c3ccc(F)cn3)n2-c2c(OC)cccc2OC)n1. The molecule has 0 spiro atoms.